The van der Waals surface area contributed by atoms with Crippen LogP contribution in [0.3, 0.4) is 0 Å². The number of halogens is 3. The molecule has 2 N–H and O–H groups in total. The fourth-order valence-corrected chi connectivity index (χ4v) is 4.97. The van der Waals surface area contributed by atoms with Gasteiger partial charge in [-0.25, -0.2) is 4.98 Å². The molecule has 0 fully saturated rings. The van der Waals surface area contributed by atoms with E-state index in [-0.39, 0.29) is 10.1 Å². The van der Waals surface area contributed by atoms with Gasteiger partial charge in [-0.3, -0.25) is 10.1 Å². The average molecular weight is 584 g/mol. The minimum atomic E-state index is -0.416. The fraction of sp³-hybridized carbons (Fsp3) is 0. The topological polar surface area (TPSA) is 54.0 Å². The van der Waals surface area contributed by atoms with Crippen molar-refractivity contribution in [1.29, 1.82) is 0 Å². The predicted molar refractivity (Wildman–Crippen MR) is 138 cm³/mol. The van der Waals surface area contributed by atoms with E-state index in [4.69, 9.17) is 40.4 Å². The first-order valence-electron chi connectivity index (χ1n) is 8.63. The second-order valence-corrected chi connectivity index (χ2v) is 9.74. The van der Waals surface area contributed by atoms with E-state index in [0.717, 1.165) is 30.0 Å². The number of hydrogen-bond donors (Lipinski definition) is 2. The summed E-state index contributed by atoms with van der Waals surface area (Å²) in [7, 11) is 0. The highest BCUT2D eigenvalue weighted by Gasteiger charge is 2.15. The molecule has 4 nitrogen and oxygen atoms in total. The molecule has 0 bridgehead atoms. The molecular formula is C21H12Cl2IN3OS2. The van der Waals surface area contributed by atoms with Crippen LogP contribution in [0.15, 0.2) is 60.7 Å². The zero-order valence-corrected chi connectivity index (χ0v) is 20.4. The highest BCUT2D eigenvalue weighted by atomic mass is 127. The van der Waals surface area contributed by atoms with Crippen LogP contribution < -0.4 is 10.6 Å². The van der Waals surface area contributed by atoms with Gasteiger partial charge in [0.15, 0.2) is 5.11 Å². The first-order valence-corrected chi connectivity index (χ1v) is 11.7. The van der Waals surface area contributed by atoms with E-state index >= 15 is 0 Å². The quantitative estimate of drug-likeness (QED) is 0.201. The van der Waals surface area contributed by atoms with Crippen molar-refractivity contribution in [2.75, 3.05) is 5.32 Å². The van der Waals surface area contributed by atoms with Crippen LogP contribution in [0.4, 0.5) is 5.69 Å². The maximum absolute atomic E-state index is 12.5. The number of thiazole rings is 1. The maximum atomic E-state index is 12.5. The number of hydrogen-bond acceptors (Lipinski definition) is 4. The molecule has 150 valence electrons. The van der Waals surface area contributed by atoms with Crippen LogP contribution in [0.1, 0.15) is 10.4 Å². The Labute approximate surface area is 205 Å². The lowest BCUT2D eigenvalue weighted by Crippen LogP contribution is -2.34. The van der Waals surface area contributed by atoms with Crippen molar-refractivity contribution in [3.05, 3.63) is 79.8 Å². The van der Waals surface area contributed by atoms with Gasteiger partial charge in [0.1, 0.15) is 5.01 Å². The molecule has 1 aromatic heterocycles. The molecule has 4 aromatic rings. The number of aromatic nitrogens is 1. The van der Waals surface area contributed by atoms with E-state index < -0.39 is 5.91 Å². The number of para-hydroxylation sites is 1. The lowest BCUT2D eigenvalue weighted by Gasteiger charge is -2.13. The lowest BCUT2D eigenvalue weighted by atomic mass is 10.2. The Hall–Kier alpha value is -1.78. The molecule has 0 saturated heterocycles. The third-order valence-corrected chi connectivity index (χ3v) is 6.65. The molecule has 4 rings (SSSR count). The van der Waals surface area contributed by atoms with Gasteiger partial charge in [-0.2, -0.15) is 0 Å². The largest absolute Gasteiger partial charge is 0.332 e. The van der Waals surface area contributed by atoms with Crippen molar-refractivity contribution in [3.63, 3.8) is 0 Å². The normalized spacial score (nSPS) is 10.8. The van der Waals surface area contributed by atoms with Crippen LogP contribution in [0, 0.1) is 3.57 Å². The summed E-state index contributed by atoms with van der Waals surface area (Å²) in [6, 6.07) is 18.5. The zero-order valence-electron chi connectivity index (χ0n) is 15.1. The number of rotatable bonds is 3. The Morgan fingerprint density at radius 2 is 1.87 bits per heavy atom. The van der Waals surface area contributed by atoms with Gasteiger partial charge in [-0.15, -0.1) is 11.3 Å². The molecule has 0 saturated carbocycles. The predicted octanol–water partition coefficient (Wildman–Crippen LogP) is 7.00. The summed E-state index contributed by atoms with van der Waals surface area (Å²) in [6.07, 6.45) is 0. The van der Waals surface area contributed by atoms with Gasteiger partial charge in [0.25, 0.3) is 5.91 Å². The number of benzene rings is 3. The SMILES string of the molecule is O=C(NC(=S)Nc1ccc(I)cc1-c1nc2ccccc2s1)c1ccc(Cl)cc1Cl. The Kier molecular flexibility index (Phi) is 6.54. The molecule has 0 radical (unpaired) electrons. The average Bonchev–Trinajstić information content (AvgIpc) is 3.13. The van der Waals surface area contributed by atoms with Gasteiger partial charge < -0.3 is 5.32 Å². The third kappa shape index (κ3) is 4.76. The number of fused-ring (bicyclic) bond motifs is 1. The number of carbonyl (C=O) groups excluding carboxylic acids is 1. The Balaban J connectivity index is 1.58. The molecule has 1 heterocycles. The monoisotopic (exact) mass is 583 g/mol. The van der Waals surface area contributed by atoms with Crippen molar-refractivity contribution in [2.45, 2.75) is 0 Å². The summed E-state index contributed by atoms with van der Waals surface area (Å²) in [5, 5.41) is 7.51. The zero-order chi connectivity index (χ0) is 21.3. The minimum absolute atomic E-state index is 0.162. The van der Waals surface area contributed by atoms with Crippen LogP contribution in [-0.4, -0.2) is 16.0 Å². The molecule has 0 spiro atoms. The van der Waals surface area contributed by atoms with E-state index in [0.29, 0.717) is 10.6 Å². The first kappa shape index (κ1) is 21.5. The van der Waals surface area contributed by atoms with E-state index in [1.165, 1.54) is 6.07 Å². The molecular weight excluding hydrogens is 572 g/mol. The van der Waals surface area contributed by atoms with E-state index in [2.05, 4.69) is 33.2 Å². The summed E-state index contributed by atoms with van der Waals surface area (Å²) < 4.78 is 2.17. The highest BCUT2D eigenvalue weighted by Crippen LogP contribution is 2.35. The number of anilines is 1. The lowest BCUT2D eigenvalue weighted by molar-refractivity contribution is 0.0978. The highest BCUT2D eigenvalue weighted by molar-refractivity contribution is 14.1. The van der Waals surface area contributed by atoms with Gasteiger partial charge in [-0.05, 0) is 83.3 Å². The summed E-state index contributed by atoms with van der Waals surface area (Å²) >= 11 is 21.2. The van der Waals surface area contributed by atoms with E-state index in [9.17, 15) is 4.79 Å². The molecule has 0 aliphatic heterocycles. The van der Waals surface area contributed by atoms with Crippen LogP contribution in [0.25, 0.3) is 20.8 Å². The van der Waals surface area contributed by atoms with Crippen molar-refractivity contribution >= 4 is 96.3 Å². The summed E-state index contributed by atoms with van der Waals surface area (Å²) in [5.74, 6) is -0.416. The fourth-order valence-electron chi connectivity index (χ4n) is 2.79. The molecule has 0 atom stereocenters. The molecule has 0 aliphatic rings. The number of amides is 1. The van der Waals surface area contributed by atoms with Gasteiger partial charge in [-0.1, -0.05) is 35.3 Å². The molecule has 0 unspecified atom stereocenters. The maximum Gasteiger partial charge on any atom is 0.258 e. The summed E-state index contributed by atoms with van der Waals surface area (Å²) in [6.45, 7) is 0. The van der Waals surface area contributed by atoms with Gasteiger partial charge >= 0.3 is 0 Å². The second-order valence-electron chi connectivity index (χ2n) is 6.21. The number of nitrogens with zero attached hydrogens (tertiary/aromatic N) is 1. The van der Waals surface area contributed by atoms with Crippen LogP contribution in [-0.2, 0) is 0 Å². The van der Waals surface area contributed by atoms with Gasteiger partial charge in [0.2, 0.25) is 0 Å². The third-order valence-electron chi connectivity index (χ3n) is 4.16. The van der Waals surface area contributed by atoms with Crippen LogP contribution in [0.5, 0.6) is 0 Å². The summed E-state index contributed by atoms with van der Waals surface area (Å²) in [5.41, 5.74) is 2.89. The number of nitrogens with one attached hydrogen (secondary N) is 2. The van der Waals surface area contributed by atoms with Gasteiger partial charge in [0, 0.05) is 14.2 Å². The smallest absolute Gasteiger partial charge is 0.258 e. The van der Waals surface area contributed by atoms with E-state index in [1.54, 1.807) is 23.5 Å². The number of carbonyl (C=O) groups is 1. The van der Waals surface area contributed by atoms with Crippen molar-refractivity contribution in [2.24, 2.45) is 0 Å². The second kappa shape index (κ2) is 9.15. The van der Waals surface area contributed by atoms with E-state index in [1.807, 2.05) is 42.5 Å². The standard InChI is InChI=1S/C21H12Cl2IN3OS2/c22-11-5-7-13(15(23)9-11)19(28)27-21(29)26-16-8-6-12(24)10-14(16)20-25-17-3-1-2-4-18(17)30-20/h1-10H,(H2,26,27,28,29). The first-order chi connectivity index (χ1) is 14.4. The Morgan fingerprint density at radius 1 is 1.07 bits per heavy atom. The Bertz CT molecular complexity index is 1260. The molecule has 9 heteroatoms. The molecule has 1 amide bonds. The van der Waals surface area contributed by atoms with Gasteiger partial charge in [0.05, 0.1) is 26.5 Å². The summed E-state index contributed by atoms with van der Waals surface area (Å²) in [4.78, 5) is 17.3. The molecule has 0 aliphatic carbocycles. The van der Waals surface area contributed by atoms with Crippen molar-refractivity contribution in [3.8, 4) is 10.6 Å². The molecule has 30 heavy (non-hydrogen) atoms. The minimum Gasteiger partial charge on any atom is -0.332 e. The van der Waals surface area contributed by atoms with Crippen molar-refractivity contribution < 1.29 is 4.79 Å². The Morgan fingerprint density at radius 3 is 2.63 bits per heavy atom. The number of thiocarbonyl (C=S) groups is 1. The molecule has 3 aromatic carbocycles. The van der Waals surface area contributed by atoms with Crippen molar-refractivity contribution in [1.82, 2.24) is 10.3 Å². The van der Waals surface area contributed by atoms with Crippen LogP contribution >= 0.6 is 69.3 Å². The van der Waals surface area contributed by atoms with Crippen LogP contribution in [0.2, 0.25) is 10.0 Å².